The van der Waals surface area contributed by atoms with Gasteiger partial charge in [-0.2, -0.15) is 0 Å². The summed E-state index contributed by atoms with van der Waals surface area (Å²) in [6.07, 6.45) is 3.05. The zero-order valence-electron chi connectivity index (χ0n) is 13.8. The molecule has 0 amide bonds. The molecule has 0 atom stereocenters. The maximum absolute atomic E-state index is 12.0. The van der Waals surface area contributed by atoms with Crippen LogP contribution in [0, 0.1) is 0 Å². The standard InChI is InChI=1S/C17H19N5O2/c1-17(2,3)24-16(23)12-6-4-11(5-7-12)8-18-14-13-15(20-9-19-13)22-10-21-14/h4-7,9-10H,8H2,1-3H3,(H2,18,19,20,21,22). The van der Waals surface area contributed by atoms with E-state index in [9.17, 15) is 4.79 Å². The van der Waals surface area contributed by atoms with Crippen LogP contribution in [-0.2, 0) is 11.3 Å². The third-order valence-electron chi connectivity index (χ3n) is 3.27. The van der Waals surface area contributed by atoms with Gasteiger partial charge in [0.2, 0.25) is 0 Å². The molecule has 2 aromatic heterocycles. The third kappa shape index (κ3) is 3.68. The molecule has 3 aromatic rings. The summed E-state index contributed by atoms with van der Waals surface area (Å²) in [5.74, 6) is 0.366. The Bertz CT molecular complexity index is 849. The molecular weight excluding hydrogens is 306 g/mol. The van der Waals surface area contributed by atoms with Crippen molar-refractivity contribution in [2.45, 2.75) is 32.9 Å². The number of fused-ring (bicyclic) bond motifs is 1. The van der Waals surface area contributed by atoms with Crippen molar-refractivity contribution in [3.8, 4) is 0 Å². The molecule has 0 radical (unpaired) electrons. The molecule has 3 rings (SSSR count). The van der Waals surface area contributed by atoms with Crippen molar-refractivity contribution in [2.24, 2.45) is 0 Å². The van der Waals surface area contributed by atoms with Crippen LogP contribution < -0.4 is 5.32 Å². The van der Waals surface area contributed by atoms with Crippen LogP contribution in [0.25, 0.3) is 11.2 Å². The van der Waals surface area contributed by atoms with Crippen molar-refractivity contribution in [1.29, 1.82) is 0 Å². The number of hydrogen-bond donors (Lipinski definition) is 2. The normalized spacial score (nSPS) is 11.5. The molecule has 0 saturated heterocycles. The fraction of sp³-hybridized carbons (Fsp3) is 0.294. The first-order valence-corrected chi connectivity index (χ1v) is 7.62. The van der Waals surface area contributed by atoms with Crippen LogP contribution in [0.5, 0.6) is 0 Å². The number of nitrogens with zero attached hydrogens (tertiary/aromatic N) is 3. The van der Waals surface area contributed by atoms with E-state index in [4.69, 9.17) is 4.74 Å². The van der Waals surface area contributed by atoms with Crippen molar-refractivity contribution >= 4 is 23.0 Å². The number of aromatic nitrogens is 4. The van der Waals surface area contributed by atoms with E-state index >= 15 is 0 Å². The van der Waals surface area contributed by atoms with E-state index in [2.05, 4.69) is 25.3 Å². The van der Waals surface area contributed by atoms with Gasteiger partial charge in [-0.3, -0.25) is 0 Å². The highest BCUT2D eigenvalue weighted by Crippen LogP contribution is 2.16. The van der Waals surface area contributed by atoms with Crippen LogP contribution in [0.15, 0.2) is 36.9 Å². The van der Waals surface area contributed by atoms with Crippen molar-refractivity contribution < 1.29 is 9.53 Å². The summed E-state index contributed by atoms with van der Waals surface area (Å²) in [6, 6.07) is 7.29. The van der Waals surface area contributed by atoms with Gasteiger partial charge in [-0.25, -0.2) is 19.7 Å². The second kappa shape index (κ2) is 6.27. The van der Waals surface area contributed by atoms with E-state index in [1.165, 1.54) is 6.33 Å². The van der Waals surface area contributed by atoms with E-state index in [0.29, 0.717) is 23.6 Å². The van der Waals surface area contributed by atoms with Gasteiger partial charge in [0.15, 0.2) is 11.5 Å². The topological polar surface area (TPSA) is 92.8 Å². The van der Waals surface area contributed by atoms with Crippen LogP contribution >= 0.6 is 0 Å². The molecule has 0 aliphatic rings. The van der Waals surface area contributed by atoms with E-state index in [1.54, 1.807) is 18.5 Å². The van der Waals surface area contributed by atoms with Gasteiger partial charge in [-0.1, -0.05) is 12.1 Å². The number of benzene rings is 1. The Balaban J connectivity index is 1.66. The molecule has 0 unspecified atom stereocenters. The first kappa shape index (κ1) is 15.9. The number of H-pyrrole nitrogens is 1. The molecule has 7 heteroatoms. The van der Waals surface area contributed by atoms with Gasteiger partial charge < -0.3 is 15.0 Å². The second-order valence-electron chi connectivity index (χ2n) is 6.38. The summed E-state index contributed by atoms with van der Waals surface area (Å²) in [6.45, 7) is 6.11. The molecule has 1 aromatic carbocycles. The van der Waals surface area contributed by atoms with Crippen molar-refractivity contribution in [2.75, 3.05) is 5.32 Å². The van der Waals surface area contributed by atoms with Gasteiger partial charge in [0.05, 0.1) is 11.9 Å². The van der Waals surface area contributed by atoms with Gasteiger partial charge in [0.1, 0.15) is 17.4 Å². The maximum Gasteiger partial charge on any atom is 0.338 e. The number of anilines is 1. The molecule has 0 fully saturated rings. The molecule has 124 valence electrons. The quantitative estimate of drug-likeness (QED) is 0.717. The largest absolute Gasteiger partial charge is 0.456 e. The lowest BCUT2D eigenvalue weighted by molar-refractivity contribution is 0.00695. The number of carbonyl (C=O) groups is 1. The van der Waals surface area contributed by atoms with E-state index in [1.807, 2.05) is 32.9 Å². The molecule has 7 nitrogen and oxygen atoms in total. The summed E-state index contributed by atoms with van der Waals surface area (Å²) in [5, 5.41) is 3.24. The van der Waals surface area contributed by atoms with E-state index in [-0.39, 0.29) is 5.97 Å². The van der Waals surface area contributed by atoms with E-state index < -0.39 is 5.60 Å². The molecule has 0 bridgehead atoms. The summed E-state index contributed by atoms with van der Waals surface area (Å²) in [5.41, 5.74) is 2.44. The summed E-state index contributed by atoms with van der Waals surface area (Å²) in [7, 11) is 0. The minimum absolute atomic E-state index is 0.322. The predicted octanol–water partition coefficient (Wildman–Crippen LogP) is 2.92. The fourth-order valence-corrected chi connectivity index (χ4v) is 2.18. The molecule has 24 heavy (non-hydrogen) atoms. The first-order valence-electron chi connectivity index (χ1n) is 7.62. The first-order chi connectivity index (χ1) is 11.4. The van der Waals surface area contributed by atoms with Crippen molar-refractivity contribution in [1.82, 2.24) is 19.9 Å². The van der Waals surface area contributed by atoms with Crippen LogP contribution in [0.1, 0.15) is 36.7 Å². The summed E-state index contributed by atoms with van der Waals surface area (Å²) < 4.78 is 5.35. The van der Waals surface area contributed by atoms with E-state index in [0.717, 1.165) is 11.1 Å². The van der Waals surface area contributed by atoms with Crippen molar-refractivity contribution in [3.63, 3.8) is 0 Å². The maximum atomic E-state index is 12.0. The number of aromatic amines is 1. The molecule has 0 saturated carbocycles. The average molecular weight is 325 g/mol. The summed E-state index contributed by atoms with van der Waals surface area (Å²) in [4.78, 5) is 27.4. The van der Waals surface area contributed by atoms with Crippen LogP contribution in [0.4, 0.5) is 5.82 Å². The molecule has 2 N–H and O–H groups in total. The molecule has 2 heterocycles. The lowest BCUT2D eigenvalue weighted by Crippen LogP contribution is -2.23. The SMILES string of the molecule is CC(C)(C)OC(=O)c1ccc(CNc2ncnc3nc[nH]c23)cc1. The van der Waals surface area contributed by atoms with Gasteiger partial charge in [-0.15, -0.1) is 0 Å². The Hall–Kier alpha value is -2.96. The fourth-order valence-electron chi connectivity index (χ4n) is 2.18. The number of imidazole rings is 1. The van der Waals surface area contributed by atoms with Gasteiger partial charge in [-0.05, 0) is 38.5 Å². The minimum atomic E-state index is -0.500. The Morgan fingerprint density at radius 3 is 2.62 bits per heavy atom. The zero-order chi connectivity index (χ0) is 17.2. The van der Waals surface area contributed by atoms with Crippen molar-refractivity contribution in [3.05, 3.63) is 48.0 Å². The Morgan fingerprint density at radius 1 is 1.17 bits per heavy atom. The average Bonchev–Trinajstić information content (AvgIpc) is 3.01. The number of ether oxygens (including phenoxy) is 1. The number of hydrogen-bond acceptors (Lipinski definition) is 6. The smallest absolute Gasteiger partial charge is 0.338 e. The highest BCUT2D eigenvalue weighted by Gasteiger charge is 2.17. The highest BCUT2D eigenvalue weighted by molar-refractivity contribution is 5.89. The molecule has 0 spiro atoms. The van der Waals surface area contributed by atoms with Gasteiger partial charge in [0, 0.05) is 6.54 Å². The highest BCUT2D eigenvalue weighted by atomic mass is 16.6. The van der Waals surface area contributed by atoms with Crippen LogP contribution in [-0.4, -0.2) is 31.5 Å². The monoisotopic (exact) mass is 325 g/mol. The van der Waals surface area contributed by atoms with Crippen LogP contribution in [0.2, 0.25) is 0 Å². The van der Waals surface area contributed by atoms with Crippen LogP contribution in [0.3, 0.4) is 0 Å². The second-order valence-corrected chi connectivity index (χ2v) is 6.38. The Kier molecular flexibility index (Phi) is 4.16. The zero-order valence-corrected chi connectivity index (χ0v) is 13.8. The van der Waals surface area contributed by atoms with Gasteiger partial charge in [0.25, 0.3) is 0 Å². The molecular formula is C17H19N5O2. The Labute approximate surface area is 139 Å². The molecule has 0 aliphatic carbocycles. The minimum Gasteiger partial charge on any atom is -0.456 e. The lowest BCUT2D eigenvalue weighted by Gasteiger charge is -2.19. The number of rotatable bonds is 4. The number of carbonyl (C=O) groups excluding carboxylic acids is 1. The predicted molar refractivity (Wildman–Crippen MR) is 90.6 cm³/mol. The number of esters is 1. The Morgan fingerprint density at radius 2 is 1.92 bits per heavy atom. The number of nitrogens with one attached hydrogen (secondary N) is 2. The lowest BCUT2D eigenvalue weighted by atomic mass is 10.1. The summed E-state index contributed by atoms with van der Waals surface area (Å²) >= 11 is 0. The molecule has 0 aliphatic heterocycles. The third-order valence-corrected chi connectivity index (χ3v) is 3.27. The van der Waals surface area contributed by atoms with Gasteiger partial charge >= 0.3 is 5.97 Å².